The molecule has 2 aromatic carbocycles. The molecule has 2 aliphatic rings. The highest BCUT2D eigenvalue weighted by Crippen LogP contribution is 2.30. The molecule has 2 aliphatic heterocycles. The van der Waals surface area contributed by atoms with Gasteiger partial charge in [0, 0.05) is 6.42 Å². The maximum Gasteiger partial charge on any atom is 0.132 e. The summed E-state index contributed by atoms with van der Waals surface area (Å²) in [5.41, 5.74) is 2.02. The van der Waals surface area contributed by atoms with E-state index >= 15 is 0 Å². The van der Waals surface area contributed by atoms with Crippen LogP contribution in [0.1, 0.15) is 45.2 Å². The Labute approximate surface area is 185 Å². The normalized spacial score (nSPS) is 20.4. The summed E-state index contributed by atoms with van der Waals surface area (Å²) < 4.78 is 28.5. The summed E-state index contributed by atoms with van der Waals surface area (Å²) in [4.78, 5) is 0. The van der Waals surface area contributed by atoms with Gasteiger partial charge in [0.2, 0.25) is 0 Å². The lowest BCUT2D eigenvalue weighted by Crippen LogP contribution is -2.34. The quantitative estimate of drug-likeness (QED) is 0.361. The fourth-order valence-electron chi connectivity index (χ4n) is 3.56. The summed E-state index contributed by atoms with van der Waals surface area (Å²) in [7, 11) is 0. The highest BCUT2D eigenvalue weighted by atomic mass is 16.6. The molecule has 4 rings (SSSR count). The van der Waals surface area contributed by atoms with Gasteiger partial charge in [0.25, 0.3) is 0 Å². The van der Waals surface area contributed by atoms with E-state index in [1.165, 1.54) is 11.1 Å². The van der Waals surface area contributed by atoms with Crippen LogP contribution in [-0.2, 0) is 20.6 Å². The van der Waals surface area contributed by atoms with E-state index in [9.17, 15) is 0 Å². The van der Waals surface area contributed by atoms with Crippen LogP contribution in [0.15, 0.2) is 48.5 Å². The van der Waals surface area contributed by atoms with Gasteiger partial charge in [0.15, 0.2) is 0 Å². The molecule has 0 spiro atoms. The first-order valence-electron chi connectivity index (χ1n) is 11.2. The van der Waals surface area contributed by atoms with E-state index in [0.29, 0.717) is 13.2 Å². The smallest absolute Gasteiger partial charge is 0.132 e. The minimum absolute atomic E-state index is 0.199. The van der Waals surface area contributed by atoms with Crippen LogP contribution in [0.2, 0.25) is 0 Å². The Balaban J connectivity index is 1.18. The average Bonchev–Trinajstić information content (AvgIpc) is 3.62. The van der Waals surface area contributed by atoms with E-state index in [4.69, 9.17) is 23.7 Å². The van der Waals surface area contributed by atoms with Crippen molar-refractivity contribution in [3.63, 3.8) is 0 Å². The maximum atomic E-state index is 6.08. The second kappa shape index (κ2) is 9.19. The first kappa shape index (κ1) is 22.1. The van der Waals surface area contributed by atoms with E-state index in [1.54, 1.807) is 0 Å². The zero-order valence-corrected chi connectivity index (χ0v) is 19.1. The molecule has 0 amide bonds. The minimum Gasteiger partial charge on any atom is -0.494 e. The molecule has 0 bridgehead atoms. The molecule has 0 radical (unpaired) electrons. The lowest BCUT2D eigenvalue weighted by molar-refractivity contribution is -0.0398. The van der Waals surface area contributed by atoms with Gasteiger partial charge in [0.05, 0.1) is 32.0 Å². The summed E-state index contributed by atoms with van der Waals surface area (Å²) in [5.74, 6) is 1.77. The van der Waals surface area contributed by atoms with Crippen LogP contribution in [0, 0.1) is 0 Å². The van der Waals surface area contributed by atoms with Crippen LogP contribution in [0.5, 0.6) is 11.5 Å². The molecule has 0 aromatic heterocycles. The molecule has 2 saturated heterocycles. The van der Waals surface area contributed by atoms with Gasteiger partial charge in [-0.15, -0.1) is 0 Å². The van der Waals surface area contributed by atoms with Crippen molar-refractivity contribution in [2.24, 2.45) is 0 Å². The van der Waals surface area contributed by atoms with Crippen molar-refractivity contribution in [2.45, 2.75) is 63.9 Å². The number of benzene rings is 2. The molecular formula is C26H34O5. The van der Waals surface area contributed by atoms with E-state index in [0.717, 1.165) is 37.6 Å². The van der Waals surface area contributed by atoms with Crippen LogP contribution in [0.25, 0.3) is 0 Å². The van der Waals surface area contributed by atoms with E-state index in [1.807, 2.05) is 24.3 Å². The molecular weight excluding hydrogens is 392 g/mol. The van der Waals surface area contributed by atoms with Crippen molar-refractivity contribution >= 4 is 0 Å². The van der Waals surface area contributed by atoms with Crippen molar-refractivity contribution in [3.05, 3.63) is 59.7 Å². The molecule has 5 nitrogen and oxygen atoms in total. The Morgan fingerprint density at radius 2 is 1.26 bits per heavy atom. The Morgan fingerprint density at radius 1 is 0.742 bits per heavy atom. The highest BCUT2D eigenvalue weighted by Gasteiger charge is 2.42. The molecule has 2 atom stereocenters. The van der Waals surface area contributed by atoms with Crippen LogP contribution >= 0.6 is 0 Å². The standard InChI is InChI=1S/C26H34O5/c1-25(2,23-17-28-23)30-15-5-14-27-21-10-6-19(7-11-21)16-20-8-12-22(13-9-20)31-26(3,4)24-18-29-24/h6-13,23-24H,5,14-18H2,1-4H3. The number of rotatable bonds is 12. The van der Waals surface area contributed by atoms with Gasteiger partial charge in [-0.25, -0.2) is 0 Å². The zero-order valence-electron chi connectivity index (χ0n) is 19.1. The lowest BCUT2D eigenvalue weighted by Gasteiger charge is -2.24. The van der Waals surface area contributed by atoms with E-state index in [2.05, 4.69) is 52.0 Å². The predicted molar refractivity (Wildman–Crippen MR) is 120 cm³/mol. The second-order valence-corrected chi connectivity index (χ2v) is 9.47. The van der Waals surface area contributed by atoms with Crippen molar-refractivity contribution < 1.29 is 23.7 Å². The minimum atomic E-state index is -0.286. The molecule has 0 saturated carbocycles. The predicted octanol–water partition coefficient (Wildman–Crippen LogP) is 4.80. The van der Waals surface area contributed by atoms with Crippen molar-refractivity contribution in [2.75, 3.05) is 26.4 Å². The fourth-order valence-corrected chi connectivity index (χ4v) is 3.56. The first-order chi connectivity index (χ1) is 14.8. The summed E-state index contributed by atoms with van der Waals surface area (Å²) in [6, 6.07) is 16.6. The topological polar surface area (TPSA) is 52.8 Å². The van der Waals surface area contributed by atoms with Gasteiger partial charge in [-0.2, -0.15) is 0 Å². The van der Waals surface area contributed by atoms with Gasteiger partial charge in [-0.05, 0) is 69.5 Å². The molecule has 2 heterocycles. The largest absolute Gasteiger partial charge is 0.494 e. The molecule has 5 heteroatoms. The Hall–Kier alpha value is -2.08. The average molecular weight is 427 g/mol. The maximum absolute atomic E-state index is 6.08. The molecule has 0 aliphatic carbocycles. The van der Waals surface area contributed by atoms with Crippen molar-refractivity contribution in [1.29, 1.82) is 0 Å². The Morgan fingerprint density at radius 3 is 1.81 bits per heavy atom. The van der Waals surface area contributed by atoms with Gasteiger partial charge in [0.1, 0.15) is 29.3 Å². The molecule has 2 fully saturated rings. The second-order valence-electron chi connectivity index (χ2n) is 9.47. The fraction of sp³-hybridized carbons (Fsp3) is 0.538. The first-order valence-corrected chi connectivity index (χ1v) is 11.2. The monoisotopic (exact) mass is 426 g/mol. The summed E-state index contributed by atoms with van der Waals surface area (Å²) in [5, 5.41) is 0. The Bertz CT molecular complexity index is 833. The number of hydrogen-bond donors (Lipinski definition) is 0. The highest BCUT2D eigenvalue weighted by molar-refractivity contribution is 5.34. The van der Waals surface area contributed by atoms with Crippen LogP contribution in [-0.4, -0.2) is 49.8 Å². The van der Waals surface area contributed by atoms with Gasteiger partial charge in [-0.1, -0.05) is 24.3 Å². The van der Waals surface area contributed by atoms with Gasteiger partial charge >= 0.3 is 0 Å². The van der Waals surface area contributed by atoms with Crippen LogP contribution in [0.3, 0.4) is 0 Å². The zero-order chi connectivity index (χ0) is 21.9. The molecule has 0 N–H and O–H groups in total. The van der Waals surface area contributed by atoms with Gasteiger partial charge < -0.3 is 23.7 Å². The van der Waals surface area contributed by atoms with Crippen molar-refractivity contribution in [3.8, 4) is 11.5 Å². The van der Waals surface area contributed by atoms with Gasteiger partial charge in [-0.3, -0.25) is 0 Å². The summed E-state index contributed by atoms with van der Waals surface area (Å²) >= 11 is 0. The molecule has 2 unspecified atom stereocenters. The number of ether oxygens (including phenoxy) is 5. The number of hydrogen-bond acceptors (Lipinski definition) is 5. The number of epoxide rings is 2. The van der Waals surface area contributed by atoms with E-state index < -0.39 is 0 Å². The summed E-state index contributed by atoms with van der Waals surface area (Å²) in [6.07, 6.45) is 2.18. The molecule has 168 valence electrons. The van der Waals surface area contributed by atoms with Crippen LogP contribution < -0.4 is 9.47 Å². The van der Waals surface area contributed by atoms with Crippen molar-refractivity contribution in [1.82, 2.24) is 0 Å². The lowest BCUT2D eigenvalue weighted by atomic mass is 10.0. The third-order valence-electron chi connectivity index (χ3n) is 5.88. The third kappa shape index (κ3) is 6.45. The summed E-state index contributed by atoms with van der Waals surface area (Å²) in [6.45, 7) is 11.2. The third-order valence-corrected chi connectivity index (χ3v) is 5.88. The molecule has 2 aromatic rings. The Kier molecular flexibility index (Phi) is 6.56. The van der Waals surface area contributed by atoms with E-state index in [-0.39, 0.29) is 23.4 Å². The van der Waals surface area contributed by atoms with Crippen LogP contribution in [0.4, 0.5) is 0 Å². The molecule has 31 heavy (non-hydrogen) atoms. The SMILES string of the molecule is CC(C)(OCCCOc1ccc(Cc2ccc(OC(C)(C)C3CO3)cc2)cc1)C1CO1.